The SMILES string of the molecule is c1ccc([Si](c2ccccc2)(c2ccccc2)c2ccc3c(c2)c2ccccc2n3-c2ccc(-c3ccc4c5c3c3ccccc3n5-c3ccccc3S4)cc2)cc1. The molecular weight excluding hydrogens is 737 g/mol. The van der Waals surface area contributed by atoms with Crippen LogP contribution in [-0.2, 0) is 0 Å². The van der Waals surface area contributed by atoms with E-state index in [-0.39, 0.29) is 0 Å². The van der Waals surface area contributed by atoms with Crippen molar-refractivity contribution in [3.8, 4) is 22.5 Å². The average Bonchev–Trinajstić information content (AvgIpc) is 3.82. The summed E-state index contributed by atoms with van der Waals surface area (Å²) in [5, 5.41) is 10.7. The lowest BCUT2D eigenvalue weighted by Gasteiger charge is -2.34. The average molecular weight is 773 g/mol. The van der Waals surface area contributed by atoms with Crippen LogP contribution in [0, 0.1) is 0 Å². The van der Waals surface area contributed by atoms with Gasteiger partial charge < -0.3 is 9.13 Å². The van der Waals surface area contributed by atoms with E-state index >= 15 is 0 Å². The van der Waals surface area contributed by atoms with Gasteiger partial charge in [-0.05, 0) is 80.4 Å². The Labute approximate surface area is 342 Å². The molecule has 4 heteroatoms. The standard InChI is InChI=1S/C54H36N2SSi/c1-4-16-39(17-5-1)58(40-18-6-2-7-19-40,41-20-8-3-9-21-41)42-32-34-49-46(36-42)44-22-10-12-24-47(44)55(49)38-30-28-37(29-31-38)43-33-35-52-54-53(43)45-23-11-13-25-48(45)56(54)50-26-14-15-27-51(50)57-52/h1-36H. The van der Waals surface area contributed by atoms with Crippen molar-refractivity contribution in [1.82, 2.24) is 9.13 Å². The van der Waals surface area contributed by atoms with Gasteiger partial charge in [0, 0.05) is 37.0 Å². The molecule has 0 aliphatic carbocycles. The van der Waals surface area contributed by atoms with E-state index in [1.807, 2.05) is 11.8 Å². The maximum absolute atomic E-state index is 2.69. The van der Waals surface area contributed by atoms with Crippen molar-refractivity contribution in [1.29, 1.82) is 0 Å². The van der Waals surface area contributed by atoms with E-state index in [9.17, 15) is 0 Å². The van der Waals surface area contributed by atoms with Crippen molar-refractivity contribution in [2.75, 3.05) is 0 Å². The molecule has 0 saturated carbocycles. The third-order valence-corrected chi connectivity index (χ3v) is 18.2. The highest BCUT2D eigenvalue weighted by atomic mass is 32.2. The van der Waals surface area contributed by atoms with Gasteiger partial charge in [0.05, 0.1) is 27.8 Å². The van der Waals surface area contributed by atoms with Gasteiger partial charge in [-0.1, -0.05) is 182 Å². The number of para-hydroxylation sites is 3. The van der Waals surface area contributed by atoms with E-state index in [2.05, 4.69) is 228 Å². The molecule has 0 bridgehead atoms. The van der Waals surface area contributed by atoms with E-state index in [1.165, 1.54) is 91.0 Å². The monoisotopic (exact) mass is 772 g/mol. The summed E-state index contributed by atoms with van der Waals surface area (Å²) in [6, 6.07) is 81.3. The number of fused-ring (bicyclic) bond motifs is 8. The van der Waals surface area contributed by atoms with Crippen molar-refractivity contribution < 1.29 is 0 Å². The normalized spacial score (nSPS) is 12.4. The van der Waals surface area contributed by atoms with Crippen LogP contribution in [0.1, 0.15) is 0 Å². The molecule has 0 spiro atoms. The second-order valence-electron chi connectivity index (χ2n) is 15.2. The smallest absolute Gasteiger partial charge is 0.179 e. The molecule has 0 amide bonds. The zero-order chi connectivity index (χ0) is 38.2. The first-order valence-electron chi connectivity index (χ1n) is 19.9. The molecule has 12 rings (SSSR count). The Balaban J connectivity index is 1.04. The molecule has 9 aromatic carbocycles. The highest BCUT2D eigenvalue weighted by Gasteiger charge is 2.41. The molecule has 1 aliphatic rings. The van der Waals surface area contributed by atoms with Crippen LogP contribution in [0.2, 0.25) is 0 Å². The van der Waals surface area contributed by atoms with Gasteiger partial charge in [-0.15, -0.1) is 0 Å². The van der Waals surface area contributed by atoms with E-state index in [0.717, 1.165) is 5.69 Å². The van der Waals surface area contributed by atoms with Gasteiger partial charge in [0.15, 0.2) is 8.07 Å². The zero-order valence-electron chi connectivity index (χ0n) is 31.6. The lowest BCUT2D eigenvalue weighted by molar-refractivity contribution is 1.09. The molecule has 0 unspecified atom stereocenters. The summed E-state index contributed by atoms with van der Waals surface area (Å²) in [5.41, 5.74) is 9.85. The molecule has 0 N–H and O–H groups in total. The van der Waals surface area contributed by atoms with Gasteiger partial charge in [0.25, 0.3) is 0 Å². The molecule has 0 atom stereocenters. The van der Waals surface area contributed by atoms with E-state index in [0.29, 0.717) is 0 Å². The van der Waals surface area contributed by atoms with Gasteiger partial charge in [0.2, 0.25) is 0 Å². The van der Waals surface area contributed by atoms with E-state index < -0.39 is 8.07 Å². The Kier molecular flexibility index (Phi) is 7.52. The van der Waals surface area contributed by atoms with Gasteiger partial charge in [-0.25, -0.2) is 0 Å². The van der Waals surface area contributed by atoms with Crippen molar-refractivity contribution in [2.45, 2.75) is 9.79 Å². The number of hydrogen-bond donors (Lipinski definition) is 0. The van der Waals surface area contributed by atoms with Crippen molar-refractivity contribution in [3.05, 3.63) is 218 Å². The predicted molar refractivity (Wildman–Crippen MR) is 248 cm³/mol. The second-order valence-corrected chi connectivity index (χ2v) is 20.1. The lowest BCUT2D eigenvalue weighted by atomic mass is 9.99. The van der Waals surface area contributed by atoms with Crippen molar-refractivity contribution in [2.24, 2.45) is 0 Å². The van der Waals surface area contributed by atoms with Gasteiger partial charge >= 0.3 is 0 Å². The fourth-order valence-electron chi connectivity index (χ4n) is 9.83. The van der Waals surface area contributed by atoms with Crippen molar-refractivity contribution >= 4 is 84.2 Å². The highest BCUT2D eigenvalue weighted by molar-refractivity contribution is 7.99. The summed E-state index contributed by atoms with van der Waals surface area (Å²) in [4.78, 5) is 2.59. The van der Waals surface area contributed by atoms with Crippen molar-refractivity contribution in [3.63, 3.8) is 0 Å². The molecule has 2 aromatic heterocycles. The fourth-order valence-corrected chi connectivity index (χ4v) is 15.7. The minimum Gasteiger partial charge on any atom is -0.309 e. The van der Waals surface area contributed by atoms with Crippen LogP contribution in [0.4, 0.5) is 0 Å². The fraction of sp³-hybridized carbons (Fsp3) is 0. The number of benzene rings is 9. The second kappa shape index (κ2) is 13.1. The zero-order valence-corrected chi connectivity index (χ0v) is 33.4. The first-order valence-corrected chi connectivity index (χ1v) is 22.8. The van der Waals surface area contributed by atoms with Crippen LogP contribution in [0.25, 0.3) is 66.1 Å². The number of rotatable bonds is 6. The summed E-state index contributed by atoms with van der Waals surface area (Å²) in [6.07, 6.45) is 0. The first kappa shape index (κ1) is 33.3. The Morgan fingerprint density at radius 1 is 0.362 bits per heavy atom. The third-order valence-electron chi connectivity index (χ3n) is 12.3. The minimum absolute atomic E-state index is 1.15. The Bertz CT molecular complexity index is 3250. The van der Waals surface area contributed by atoms with Crippen LogP contribution in [0.3, 0.4) is 0 Å². The first-order chi connectivity index (χ1) is 28.8. The van der Waals surface area contributed by atoms with Gasteiger partial charge in [0.1, 0.15) is 0 Å². The third kappa shape index (κ3) is 4.79. The summed E-state index contributed by atoms with van der Waals surface area (Å²) >= 11 is 1.87. The van der Waals surface area contributed by atoms with Gasteiger partial charge in [-0.2, -0.15) is 0 Å². The van der Waals surface area contributed by atoms with Crippen LogP contribution in [0.15, 0.2) is 228 Å². The molecule has 1 aliphatic heterocycles. The quantitative estimate of drug-likeness (QED) is 0.121. The Hall–Kier alpha value is -6.85. The van der Waals surface area contributed by atoms with Crippen LogP contribution >= 0.6 is 11.8 Å². The van der Waals surface area contributed by atoms with Crippen LogP contribution in [0.5, 0.6) is 0 Å². The minimum atomic E-state index is -2.69. The molecule has 0 radical (unpaired) electrons. The van der Waals surface area contributed by atoms with Gasteiger partial charge in [-0.3, -0.25) is 0 Å². The van der Waals surface area contributed by atoms with E-state index in [4.69, 9.17) is 0 Å². The number of aromatic nitrogens is 2. The summed E-state index contributed by atoms with van der Waals surface area (Å²) in [7, 11) is -2.69. The summed E-state index contributed by atoms with van der Waals surface area (Å²) < 4.78 is 4.92. The molecular formula is C54H36N2SSi. The maximum atomic E-state index is 2.51. The predicted octanol–water partition coefficient (Wildman–Crippen LogP) is 11.4. The molecule has 272 valence electrons. The molecule has 11 aromatic rings. The van der Waals surface area contributed by atoms with Crippen LogP contribution in [-0.4, -0.2) is 17.2 Å². The summed E-state index contributed by atoms with van der Waals surface area (Å²) in [6.45, 7) is 0. The maximum Gasteiger partial charge on any atom is 0.179 e. The van der Waals surface area contributed by atoms with E-state index in [1.54, 1.807) is 0 Å². The highest BCUT2D eigenvalue weighted by Crippen LogP contribution is 2.49. The number of hydrogen-bond acceptors (Lipinski definition) is 1. The topological polar surface area (TPSA) is 9.86 Å². The molecule has 2 nitrogen and oxygen atoms in total. The molecule has 58 heavy (non-hydrogen) atoms. The molecule has 0 fully saturated rings. The molecule has 0 saturated heterocycles. The summed E-state index contributed by atoms with van der Waals surface area (Å²) in [5.74, 6) is 0. The van der Waals surface area contributed by atoms with Crippen LogP contribution < -0.4 is 20.7 Å². The lowest BCUT2D eigenvalue weighted by Crippen LogP contribution is -2.74. The Morgan fingerprint density at radius 3 is 1.59 bits per heavy atom. The largest absolute Gasteiger partial charge is 0.309 e. The number of nitrogens with zero attached hydrogens (tertiary/aromatic N) is 2. The molecule has 3 heterocycles. The Morgan fingerprint density at radius 2 is 0.914 bits per heavy atom.